The zero-order valence-corrected chi connectivity index (χ0v) is 14.4. The normalized spacial score (nSPS) is 14.2. The maximum Gasteiger partial charge on any atom is 0.143 e. The number of nitrogens with zero attached hydrogens (tertiary/aromatic N) is 2. The number of nitrogens with one attached hydrogen (secondary N) is 1. The van der Waals surface area contributed by atoms with Gasteiger partial charge in [0.15, 0.2) is 0 Å². The zero-order chi connectivity index (χ0) is 14.7. The molecule has 0 atom stereocenters. The standard InChI is InChI=1S/C17H20IN3/c1-2-19-17-15(18)16(13-9-10-13)20-14(21-17)11-8-12-6-4-3-5-7-12/h3-7,13H,2,8-11H2,1H3,(H,19,20,21). The van der Waals surface area contributed by atoms with Gasteiger partial charge in [0.1, 0.15) is 11.6 Å². The van der Waals surface area contributed by atoms with Crippen LogP contribution in [0.4, 0.5) is 5.82 Å². The second kappa shape index (κ2) is 6.73. The van der Waals surface area contributed by atoms with Crippen LogP contribution in [0.5, 0.6) is 0 Å². The summed E-state index contributed by atoms with van der Waals surface area (Å²) in [5, 5.41) is 3.38. The molecule has 0 radical (unpaired) electrons. The fourth-order valence-electron chi connectivity index (χ4n) is 2.44. The van der Waals surface area contributed by atoms with Crippen molar-refractivity contribution in [3.63, 3.8) is 0 Å². The predicted octanol–water partition coefficient (Wildman–Crippen LogP) is 4.18. The van der Waals surface area contributed by atoms with Crippen LogP contribution >= 0.6 is 22.6 Å². The van der Waals surface area contributed by atoms with E-state index in [1.54, 1.807) is 0 Å². The molecule has 1 aliphatic carbocycles. The molecule has 110 valence electrons. The minimum Gasteiger partial charge on any atom is -0.369 e. The van der Waals surface area contributed by atoms with Crippen LogP contribution in [0.2, 0.25) is 0 Å². The van der Waals surface area contributed by atoms with Gasteiger partial charge in [0, 0.05) is 18.9 Å². The first-order valence-electron chi connectivity index (χ1n) is 7.62. The smallest absolute Gasteiger partial charge is 0.143 e. The third-order valence-electron chi connectivity index (χ3n) is 3.71. The van der Waals surface area contributed by atoms with Gasteiger partial charge in [-0.2, -0.15) is 0 Å². The molecule has 0 aliphatic heterocycles. The van der Waals surface area contributed by atoms with Crippen LogP contribution in [0.15, 0.2) is 30.3 Å². The molecule has 0 spiro atoms. The summed E-state index contributed by atoms with van der Waals surface area (Å²) in [5.41, 5.74) is 2.60. The number of hydrogen-bond acceptors (Lipinski definition) is 3. The molecule has 2 aromatic rings. The first-order valence-corrected chi connectivity index (χ1v) is 8.70. The van der Waals surface area contributed by atoms with Crippen LogP contribution < -0.4 is 5.32 Å². The molecule has 0 unspecified atom stereocenters. The van der Waals surface area contributed by atoms with Crippen molar-refractivity contribution in [3.05, 3.63) is 51.0 Å². The van der Waals surface area contributed by atoms with Crippen molar-refractivity contribution in [1.29, 1.82) is 0 Å². The van der Waals surface area contributed by atoms with Crippen molar-refractivity contribution >= 4 is 28.4 Å². The topological polar surface area (TPSA) is 37.8 Å². The molecule has 3 nitrogen and oxygen atoms in total. The summed E-state index contributed by atoms with van der Waals surface area (Å²) >= 11 is 2.39. The van der Waals surface area contributed by atoms with E-state index in [4.69, 9.17) is 9.97 Å². The van der Waals surface area contributed by atoms with Crippen molar-refractivity contribution in [2.75, 3.05) is 11.9 Å². The van der Waals surface area contributed by atoms with Crippen LogP contribution in [0.25, 0.3) is 0 Å². The Morgan fingerprint density at radius 1 is 1.14 bits per heavy atom. The van der Waals surface area contributed by atoms with Gasteiger partial charge >= 0.3 is 0 Å². The van der Waals surface area contributed by atoms with E-state index in [9.17, 15) is 0 Å². The van der Waals surface area contributed by atoms with Gasteiger partial charge in [-0.3, -0.25) is 0 Å². The molecule has 3 rings (SSSR count). The summed E-state index contributed by atoms with van der Waals surface area (Å²) in [6, 6.07) is 10.6. The third-order valence-corrected chi connectivity index (χ3v) is 4.78. The summed E-state index contributed by atoms with van der Waals surface area (Å²) in [5.74, 6) is 2.64. The van der Waals surface area contributed by atoms with Crippen molar-refractivity contribution in [2.24, 2.45) is 0 Å². The van der Waals surface area contributed by atoms with Crippen LogP contribution in [-0.4, -0.2) is 16.5 Å². The minimum atomic E-state index is 0.660. The fraction of sp³-hybridized carbons (Fsp3) is 0.412. The summed E-state index contributed by atoms with van der Waals surface area (Å²) in [6.45, 7) is 3.01. The quantitative estimate of drug-likeness (QED) is 0.749. The van der Waals surface area contributed by atoms with Crippen molar-refractivity contribution in [3.8, 4) is 0 Å². The predicted molar refractivity (Wildman–Crippen MR) is 94.7 cm³/mol. The maximum absolute atomic E-state index is 4.83. The van der Waals surface area contributed by atoms with Crippen LogP contribution in [0.3, 0.4) is 0 Å². The Hall–Kier alpha value is -1.17. The Kier molecular flexibility index (Phi) is 4.73. The van der Waals surface area contributed by atoms with Gasteiger partial charge in [0.05, 0.1) is 9.26 Å². The van der Waals surface area contributed by atoms with E-state index in [0.717, 1.165) is 31.0 Å². The van der Waals surface area contributed by atoms with Gasteiger partial charge in [-0.05, 0) is 54.3 Å². The molecule has 1 heterocycles. The average molecular weight is 393 g/mol. The highest BCUT2D eigenvalue weighted by atomic mass is 127. The lowest BCUT2D eigenvalue weighted by molar-refractivity contribution is 0.823. The Labute approximate surface area is 139 Å². The number of hydrogen-bond donors (Lipinski definition) is 1. The van der Waals surface area contributed by atoms with E-state index in [1.807, 2.05) is 0 Å². The number of halogens is 1. The first kappa shape index (κ1) is 14.8. The molecular weight excluding hydrogens is 373 g/mol. The molecular formula is C17H20IN3. The van der Waals surface area contributed by atoms with Gasteiger partial charge < -0.3 is 5.32 Å². The highest BCUT2D eigenvalue weighted by molar-refractivity contribution is 14.1. The molecule has 1 aromatic heterocycles. The molecule has 4 heteroatoms. The Morgan fingerprint density at radius 3 is 2.57 bits per heavy atom. The lowest BCUT2D eigenvalue weighted by Crippen LogP contribution is -2.10. The van der Waals surface area contributed by atoms with E-state index in [2.05, 4.69) is 65.2 Å². The number of aromatic nitrogens is 2. The molecule has 0 bridgehead atoms. The highest BCUT2D eigenvalue weighted by Crippen LogP contribution is 2.42. The number of anilines is 1. The highest BCUT2D eigenvalue weighted by Gasteiger charge is 2.29. The molecule has 21 heavy (non-hydrogen) atoms. The maximum atomic E-state index is 4.83. The molecule has 1 fully saturated rings. The van der Waals surface area contributed by atoms with Gasteiger partial charge in [0.25, 0.3) is 0 Å². The van der Waals surface area contributed by atoms with E-state index in [0.29, 0.717) is 5.92 Å². The average Bonchev–Trinajstić information content (AvgIpc) is 3.34. The Morgan fingerprint density at radius 2 is 1.90 bits per heavy atom. The van der Waals surface area contributed by atoms with E-state index >= 15 is 0 Å². The van der Waals surface area contributed by atoms with E-state index in [-0.39, 0.29) is 0 Å². The van der Waals surface area contributed by atoms with Crippen molar-refractivity contribution in [1.82, 2.24) is 9.97 Å². The summed E-state index contributed by atoms with van der Waals surface area (Å²) < 4.78 is 1.21. The van der Waals surface area contributed by atoms with E-state index < -0.39 is 0 Å². The Balaban J connectivity index is 1.80. The lowest BCUT2D eigenvalue weighted by Gasteiger charge is -2.12. The Bertz CT molecular complexity index is 609. The molecule has 1 saturated carbocycles. The van der Waals surface area contributed by atoms with Gasteiger partial charge in [-0.1, -0.05) is 30.3 Å². The third kappa shape index (κ3) is 3.73. The molecule has 0 saturated heterocycles. The summed E-state index contributed by atoms with van der Waals surface area (Å²) in [6.07, 6.45) is 4.45. The number of aryl methyl sites for hydroxylation is 2. The van der Waals surface area contributed by atoms with Gasteiger partial charge in [-0.15, -0.1) is 0 Å². The second-order valence-electron chi connectivity index (χ2n) is 5.48. The van der Waals surface area contributed by atoms with Crippen molar-refractivity contribution < 1.29 is 0 Å². The number of benzene rings is 1. The van der Waals surface area contributed by atoms with Crippen LogP contribution in [-0.2, 0) is 12.8 Å². The fourth-order valence-corrected chi connectivity index (χ4v) is 3.31. The SMILES string of the molecule is CCNc1nc(CCc2ccccc2)nc(C2CC2)c1I. The summed E-state index contributed by atoms with van der Waals surface area (Å²) in [7, 11) is 0. The molecule has 0 amide bonds. The molecule has 1 N–H and O–H groups in total. The molecule has 1 aliphatic rings. The monoisotopic (exact) mass is 393 g/mol. The van der Waals surface area contributed by atoms with Gasteiger partial charge in [-0.25, -0.2) is 9.97 Å². The second-order valence-corrected chi connectivity index (χ2v) is 6.56. The molecule has 1 aromatic carbocycles. The lowest BCUT2D eigenvalue weighted by atomic mass is 10.1. The number of rotatable bonds is 6. The van der Waals surface area contributed by atoms with Crippen LogP contribution in [0, 0.1) is 3.57 Å². The van der Waals surface area contributed by atoms with E-state index in [1.165, 1.54) is 27.7 Å². The zero-order valence-electron chi connectivity index (χ0n) is 12.3. The van der Waals surface area contributed by atoms with Gasteiger partial charge in [0.2, 0.25) is 0 Å². The minimum absolute atomic E-state index is 0.660. The first-order chi connectivity index (χ1) is 10.3. The van der Waals surface area contributed by atoms with Crippen LogP contribution in [0.1, 0.15) is 42.8 Å². The largest absolute Gasteiger partial charge is 0.369 e. The summed E-state index contributed by atoms with van der Waals surface area (Å²) in [4.78, 5) is 9.55. The van der Waals surface area contributed by atoms with Crippen molar-refractivity contribution in [2.45, 2.75) is 38.5 Å².